The van der Waals surface area contributed by atoms with Gasteiger partial charge in [-0.25, -0.2) is 4.79 Å². The van der Waals surface area contributed by atoms with Crippen LogP contribution in [0.1, 0.15) is 49.3 Å². The van der Waals surface area contributed by atoms with Crippen LogP contribution in [-0.2, 0) is 30.1 Å². The lowest BCUT2D eigenvalue weighted by molar-refractivity contribution is -0.146. The second kappa shape index (κ2) is 17.0. The number of esters is 2. The molecule has 9 heteroatoms. The summed E-state index contributed by atoms with van der Waals surface area (Å²) in [5, 5.41) is 17.0. The third-order valence-corrected chi connectivity index (χ3v) is 12.6. The van der Waals surface area contributed by atoms with E-state index < -0.39 is 35.2 Å². The van der Waals surface area contributed by atoms with Crippen molar-refractivity contribution in [2.24, 2.45) is 0 Å². The molecule has 0 heterocycles. The molecule has 2 N–H and O–H groups in total. The molecule has 7 aromatic rings. The molecule has 0 aliphatic heterocycles. The van der Waals surface area contributed by atoms with E-state index in [1.807, 2.05) is 104 Å². The summed E-state index contributed by atoms with van der Waals surface area (Å²) >= 11 is 0. The van der Waals surface area contributed by atoms with Crippen LogP contribution in [0.25, 0.3) is 22.3 Å². The largest absolute Gasteiger partial charge is 0.468 e. The minimum absolute atomic E-state index is 0.0815. The Balaban J connectivity index is 1.31. The highest BCUT2D eigenvalue weighted by atomic mass is 16.7. The Kier molecular flexibility index (Phi) is 11.2. The van der Waals surface area contributed by atoms with Gasteiger partial charge in [0.25, 0.3) is 0 Å². The number of rotatable bonds is 14. The van der Waals surface area contributed by atoms with Gasteiger partial charge >= 0.3 is 11.9 Å². The van der Waals surface area contributed by atoms with Gasteiger partial charge in [-0.05, 0) is 74.7 Å². The summed E-state index contributed by atoms with van der Waals surface area (Å²) in [6.45, 7) is 1.69. The fourth-order valence-corrected chi connectivity index (χ4v) is 9.96. The molecule has 0 saturated heterocycles. The van der Waals surface area contributed by atoms with E-state index in [4.69, 9.17) is 18.9 Å². The van der Waals surface area contributed by atoms with Crippen LogP contribution in [0, 0.1) is 6.92 Å². The predicted octanol–water partition coefficient (Wildman–Crippen LogP) is 9.01. The average molecular weight is 837 g/mol. The van der Waals surface area contributed by atoms with Crippen LogP contribution in [0.3, 0.4) is 0 Å². The van der Waals surface area contributed by atoms with E-state index in [1.165, 1.54) is 21.3 Å². The number of ether oxygens (including phenoxy) is 4. The summed E-state index contributed by atoms with van der Waals surface area (Å²) < 4.78 is 22.4. The zero-order valence-corrected chi connectivity index (χ0v) is 35.6. The molecule has 2 atom stereocenters. The van der Waals surface area contributed by atoms with Crippen LogP contribution < -0.4 is 15.0 Å². The van der Waals surface area contributed by atoms with Gasteiger partial charge in [0, 0.05) is 24.9 Å². The highest BCUT2D eigenvalue weighted by Crippen LogP contribution is 2.57. The minimum Gasteiger partial charge on any atom is -0.468 e. The average Bonchev–Trinajstić information content (AvgIpc) is 3.80. The van der Waals surface area contributed by atoms with Gasteiger partial charge in [-0.1, -0.05) is 158 Å². The van der Waals surface area contributed by atoms with E-state index in [2.05, 4.69) is 70.9 Å². The first-order valence-corrected chi connectivity index (χ1v) is 20.9. The molecule has 9 rings (SSSR count). The Morgan fingerprint density at radius 3 is 1.60 bits per heavy atom. The standard InChI is InChI=1S/C54H48N2O7/c1-35-47(31-36(51(58)61-3)32-49(35)63-34-60-2)56(54(38-21-9-6-10-22-38)45-29-17-13-25-41(45)42-26-14-18-30-46(42)54)33-48(57)50(52(59)62-4)55-53(37-19-7-5-8-20-37)43-27-15-11-23-39(43)40-24-12-16-28-44(40)53/h5-32,48,50,55,57H,33-34H2,1-4H3/t48-,50+/m1/s1. The van der Waals surface area contributed by atoms with Crippen molar-refractivity contribution >= 4 is 17.6 Å². The molecular weight excluding hydrogens is 789 g/mol. The van der Waals surface area contributed by atoms with Crippen LogP contribution in [0.2, 0.25) is 0 Å². The first kappa shape index (κ1) is 41.3. The smallest absolute Gasteiger partial charge is 0.338 e. The maximum absolute atomic E-state index is 14.6. The summed E-state index contributed by atoms with van der Waals surface area (Å²) in [7, 11) is 4.21. The van der Waals surface area contributed by atoms with Gasteiger partial charge in [0.15, 0.2) is 6.79 Å². The number of nitrogens with one attached hydrogen (secondary N) is 1. The summed E-state index contributed by atoms with van der Waals surface area (Å²) in [5.74, 6) is -0.830. The zero-order chi connectivity index (χ0) is 43.7. The van der Waals surface area contributed by atoms with Gasteiger partial charge in [-0.3, -0.25) is 10.1 Å². The summed E-state index contributed by atoms with van der Waals surface area (Å²) in [6.07, 6.45) is -1.44. The number of carbonyl (C=O) groups excluding carboxylic acids is 2. The molecule has 0 amide bonds. The number of carbonyl (C=O) groups is 2. The van der Waals surface area contributed by atoms with Crippen LogP contribution in [-0.4, -0.2) is 63.9 Å². The van der Waals surface area contributed by atoms with Gasteiger partial charge < -0.3 is 29.0 Å². The number of methoxy groups -OCH3 is 3. The molecule has 316 valence electrons. The van der Waals surface area contributed by atoms with E-state index in [9.17, 15) is 14.7 Å². The van der Waals surface area contributed by atoms with Crippen molar-refractivity contribution in [1.29, 1.82) is 0 Å². The van der Waals surface area contributed by atoms with Crippen LogP contribution in [0.5, 0.6) is 5.75 Å². The molecule has 0 unspecified atom stereocenters. The third kappa shape index (κ3) is 6.68. The van der Waals surface area contributed by atoms with Crippen molar-refractivity contribution in [2.75, 3.05) is 39.6 Å². The number of hydrogen-bond acceptors (Lipinski definition) is 9. The molecule has 2 aliphatic carbocycles. The molecule has 0 bridgehead atoms. The number of nitrogens with zero attached hydrogens (tertiary/aromatic N) is 1. The lowest BCUT2D eigenvalue weighted by Gasteiger charge is -2.47. The fraction of sp³-hybridized carbons (Fsp3) is 0.185. The van der Waals surface area contributed by atoms with E-state index in [1.54, 1.807) is 12.1 Å². The quantitative estimate of drug-likeness (QED) is 0.0821. The molecule has 0 spiro atoms. The molecule has 2 aliphatic rings. The van der Waals surface area contributed by atoms with E-state index in [-0.39, 0.29) is 18.9 Å². The molecule has 0 aromatic heterocycles. The second-order valence-corrected chi connectivity index (χ2v) is 15.9. The van der Waals surface area contributed by atoms with Crippen molar-refractivity contribution in [3.05, 3.63) is 214 Å². The van der Waals surface area contributed by atoms with Crippen LogP contribution in [0.4, 0.5) is 5.69 Å². The lowest BCUT2D eigenvalue weighted by atomic mass is 9.77. The number of aliphatic hydroxyl groups is 1. The highest BCUT2D eigenvalue weighted by molar-refractivity contribution is 5.93. The van der Waals surface area contributed by atoms with Crippen molar-refractivity contribution in [3.63, 3.8) is 0 Å². The Hall–Kier alpha value is -7.04. The first-order valence-electron chi connectivity index (χ1n) is 20.9. The first-order chi connectivity index (χ1) is 30.8. The molecule has 9 nitrogen and oxygen atoms in total. The summed E-state index contributed by atoms with van der Waals surface area (Å²) in [6, 6.07) is 55.1. The van der Waals surface area contributed by atoms with Crippen LogP contribution in [0.15, 0.2) is 170 Å². The Morgan fingerprint density at radius 1 is 0.619 bits per heavy atom. The molecule has 7 aromatic carbocycles. The maximum Gasteiger partial charge on any atom is 0.338 e. The van der Waals surface area contributed by atoms with Gasteiger partial charge in [-0.2, -0.15) is 0 Å². The van der Waals surface area contributed by atoms with Gasteiger partial charge in [-0.15, -0.1) is 0 Å². The van der Waals surface area contributed by atoms with E-state index in [0.29, 0.717) is 17.0 Å². The van der Waals surface area contributed by atoms with E-state index in [0.717, 1.165) is 55.6 Å². The number of hydrogen-bond donors (Lipinski definition) is 2. The number of aliphatic hydroxyl groups excluding tert-OH is 1. The van der Waals surface area contributed by atoms with E-state index >= 15 is 0 Å². The Labute approximate surface area is 367 Å². The van der Waals surface area contributed by atoms with Crippen molar-refractivity contribution < 1.29 is 33.6 Å². The molecule has 0 saturated carbocycles. The van der Waals surface area contributed by atoms with Gasteiger partial charge in [0.05, 0.1) is 31.4 Å². The van der Waals surface area contributed by atoms with Gasteiger partial charge in [0.1, 0.15) is 17.3 Å². The number of benzene rings is 7. The van der Waals surface area contributed by atoms with Crippen molar-refractivity contribution in [1.82, 2.24) is 5.32 Å². The normalized spacial score (nSPS) is 14.6. The SMILES string of the molecule is COCOc1cc(C(=O)OC)cc(N(C[C@@H](O)[C@H](NC2(c3ccccc3)c3ccccc3-c3ccccc32)C(=O)OC)C2(c3ccccc3)c3ccccc3-c3ccccc32)c1C. The molecular formula is C54H48N2O7. The zero-order valence-electron chi connectivity index (χ0n) is 35.6. The molecule has 0 fully saturated rings. The van der Waals surface area contributed by atoms with Crippen molar-refractivity contribution in [3.8, 4) is 28.0 Å². The van der Waals surface area contributed by atoms with Crippen LogP contribution >= 0.6 is 0 Å². The fourth-order valence-electron chi connectivity index (χ4n) is 9.96. The second-order valence-electron chi connectivity index (χ2n) is 15.9. The molecule has 0 radical (unpaired) electrons. The minimum atomic E-state index is -1.44. The Bertz CT molecular complexity index is 2720. The number of anilines is 1. The predicted molar refractivity (Wildman–Crippen MR) is 244 cm³/mol. The summed E-state index contributed by atoms with van der Waals surface area (Å²) in [5.41, 5.74) is 8.91. The maximum atomic E-state index is 14.6. The van der Waals surface area contributed by atoms with Gasteiger partial charge in [0.2, 0.25) is 0 Å². The topological polar surface area (TPSA) is 107 Å². The highest BCUT2D eigenvalue weighted by Gasteiger charge is 2.53. The Morgan fingerprint density at radius 2 is 1.10 bits per heavy atom. The number of fused-ring (bicyclic) bond motifs is 6. The van der Waals surface area contributed by atoms with Crippen molar-refractivity contribution in [2.45, 2.75) is 30.1 Å². The lowest BCUT2D eigenvalue weighted by Crippen LogP contribution is -2.60. The summed E-state index contributed by atoms with van der Waals surface area (Å²) in [4.78, 5) is 30.3. The molecule has 63 heavy (non-hydrogen) atoms. The third-order valence-electron chi connectivity index (χ3n) is 12.6. The monoisotopic (exact) mass is 836 g/mol.